The second-order valence-corrected chi connectivity index (χ2v) is 14.0. The van der Waals surface area contributed by atoms with Crippen molar-refractivity contribution < 1.29 is 62.9 Å². The highest BCUT2D eigenvalue weighted by Crippen LogP contribution is 2.31. The highest BCUT2D eigenvalue weighted by molar-refractivity contribution is 5.90. The number of hydrogen-bond acceptors (Lipinski definition) is 14. The first-order valence-corrected chi connectivity index (χ1v) is 17.6. The minimum Gasteiger partial charge on any atom is -0.466 e. The van der Waals surface area contributed by atoms with Gasteiger partial charge >= 0.3 is 17.9 Å². The number of fused-ring (bicyclic) bond motifs is 4. The molecule has 8 unspecified atom stereocenters. The molecule has 0 aromatic heterocycles. The summed E-state index contributed by atoms with van der Waals surface area (Å²) in [4.78, 5) is 38.1. The standard InChI is InChI=1S/C37H53NO13/c1-37(2)12-10-34-46-13-11-29(50-34)19-28-9-5-8-27(48-28)17-26(40)18-33(42)49-31(21-39)20-30(51-36(37)44)14-23(15-32(41)45-3)22-47-35(43)24-6-4-7-25(38)16-24/h4,6-7,10,12,15-16,26-31,34,36,39-40,44H,5,8-9,11,13-14,17-22,38H2,1-3H3. The molecule has 0 amide bonds. The van der Waals surface area contributed by atoms with Gasteiger partial charge in [-0.25, -0.2) is 9.59 Å². The summed E-state index contributed by atoms with van der Waals surface area (Å²) in [5.74, 6) is -2.14. The van der Waals surface area contributed by atoms with Crippen LogP contribution in [0.1, 0.15) is 82.0 Å². The fourth-order valence-electron chi connectivity index (χ4n) is 6.31. The van der Waals surface area contributed by atoms with E-state index in [1.807, 2.05) is 0 Å². The molecule has 3 heterocycles. The average molecular weight is 720 g/mol. The number of ether oxygens (including phenoxy) is 7. The second-order valence-electron chi connectivity index (χ2n) is 14.0. The lowest BCUT2D eigenvalue weighted by atomic mass is 9.91. The number of anilines is 1. The van der Waals surface area contributed by atoms with Gasteiger partial charge in [-0.15, -0.1) is 0 Å². The summed E-state index contributed by atoms with van der Waals surface area (Å²) in [6.45, 7) is 3.04. The number of carbonyl (C=O) groups is 3. The molecule has 0 radical (unpaired) electrons. The second kappa shape index (κ2) is 19.5. The summed E-state index contributed by atoms with van der Waals surface area (Å²) in [5, 5.41) is 32.4. The SMILES string of the molecule is COC(=O)C=C(COC(=O)c1cccc(N)c1)CC1CC(CO)OC(=O)CC(O)CC2CCCC(CC3CCOC(C=CC(C)(C)C(O)O1)O3)O2. The van der Waals surface area contributed by atoms with E-state index < -0.39 is 60.8 Å². The van der Waals surface area contributed by atoms with Crippen LogP contribution in [0.3, 0.4) is 0 Å². The maximum atomic E-state index is 12.9. The number of hydrogen-bond donors (Lipinski definition) is 4. The largest absolute Gasteiger partial charge is 0.466 e. The van der Waals surface area contributed by atoms with Crippen LogP contribution in [0.25, 0.3) is 0 Å². The number of rotatable bonds is 7. The number of esters is 3. The Morgan fingerprint density at radius 1 is 1.02 bits per heavy atom. The van der Waals surface area contributed by atoms with Crippen molar-refractivity contribution in [2.24, 2.45) is 5.41 Å². The molecule has 0 spiro atoms. The Balaban J connectivity index is 1.57. The van der Waals surface area contributed by atoms with Crippen LogP contribution >= 0.6 is 0 Å². The Labute approximate surface area is 298 Å². The smallest absolute Gasteiger partial charge is 0.338 e. The van der Waals surface area contributed by atoms with E-state index in [9.17, 15) is 29.7 Å². The van der Waals surface area contributed by atoms with Crippen LogP contribution in [0, 0.1) is 5.41 Å². The molecular formula is C37H53NO13. The van der Waals surface area contributed by atoms with Crippen molar-refractivity contribution in [3.8, 4) is 0 Å². The Bertz CT molecular complexity index is 1360. The van der Waals surface area contributed by atoms with E-state index >= 15 is 0 Å². The first kappa shape index (κ1) is 40.4. The van der Waals surface area contributed by atoms with Crippen LogP contribution < -0.4 is 5.73 Å². The summed E-state index contributed by atoms with van der Waals surface area (Å²) < 4.78 is 40.3. The zero-order valence-electron chi connectivity index (χ0n) is 29.6. The van der Waals surface area contributed by atoms with E-state index in [1.165, 1.54) is 19.2 Å². The lowest BCUT2D eigenvalue weighted by molar-refractivity contribution is -0.202. The maximum absolute atomic E-state index is 12.9. The van der Waals surface area contributed by atoms with Crippen molar-refractivity contribution in [3.05, 3.63) is 53.6 Å². The van der Waals surface area contributed by atoms with Crippen LogP contribution in [0.5, 0.6) is 0 Å². The number of benzene rings is 1. The molecule has 51 heavy (non-hydrogen) atoms. The monoisotopic (exact) mass is 719 g/mol. The summed E-state index contributed by atoms with van der Waals surface area (Å²) in [6, 6.07) is 6.21. The van der Waals surface area contributed by atoms with Crippen molar-refractivity contribution in [2.75, 3.05) is 32.7 Å². The van der Waals surface area contributed by atoms with Gasteiger partial charge in [0.25, 0.3) is 0 Å². The molecule has 14 heteroatoms. The van der Waals surface area contributed by atoms with Gasteiger partial charge in [0.05, 0.1) is 62.8 Å². The molecule has 14 nitrogen and oxygen atoms in total. The van der Waals surface area contributed by atoms with E-state index in [1.54, 1.807) is 38.1 Å². The number of carbonyl (C=O) groups excluding carboxylic acids is 3. The molecule has 8 atom stereocenters. The first-order chi connectivity index (χ1) is 24.3. The number of methoxy groups -OCH3 is 1. The summed E-state index contributed by atoms with van der Waals surface area (Å²) in [6.07, 6.45) is 2.63. The Hall–Kier alpha value is -3.37. The zero-order valence-corrected chi connectivity index (χ0v) is 29.6. The third-order valence-electron chi connectivity index (χ3n) is 9.14. The summed E-state index contributed by atoms with van der Waals surface area (Å²) >= 11 is 0. The number of aliphatic hydroxyl groups excluding tert-OH is 3. The van der Waals surface area contributed by atoms with Gasteiger partial charge in [-0.2, -0.15) is 0 Å². The molecule has 284 valence electrons. The minimum atomic E-state index is -1.44. The van der Waals surface area contributed by atoms with Crippen LogP contribution in [0.4, 0.5) is 5.69 Å². The number of nitrogens with two attached hydrogens (primary N) is 1. The topological polar surface area (TPSA) is 203 Å². The minimum absolute atomic E-state index is 0.0534. The Kier molecular flexibility index (Phi) is 15.4. The molecule has 2 fully saturated rings. The van der Waals surface area contributed by atoms with Gasteiger partial charge in [0.15, 0.2) is 12.6 Å². The number of nitrogen functional groups attached to an aromatic ring is 1. The van der Waals surface area contributed by atoms with E-state index in [0.29, 0.717) is 25.1 Å². The normalized spacial score (nSPS) is 31.2. The van der Waals surface area contributed by atoms with Gasteiger partial charge in [-0.1, -0.05) is 26.0 Å². The highest BCUT2D eigenvalue weighted by atomic mass is 16.7. The molecule has 1 aromatic carbocycles. The van der Waals surface area contributed by atoms with Crippen molar-refractivity contribution in [2.45, 2.75) is 121 Å². The molecule has 4 rings (SSSR count). The third kappa shape index (κ3) is 13.3. The van der Waals surface area contributed by atoms with Gasteiger partial charge in [0.2, 0.25) is 0 Å². The Morgan fingerprint density at radius 2 is 1.76 bits per heavy atom. The fraction of sp³-hybridized carbons (Fsp3) is 0.649. The van der Waals surface area contributed by atoms with Gasteiger partial charge in [-0.05, 0) is 68.4 Å². The van der Waals surface area contributed by atoms with E-state index in [2.05, 4.69) is 0 Å². The molecule has 3 aliphatic heterocycles. The maximum Gasteiger partial charge on any atom is 0.338 e. The summed E-state index contributed by atoms with van der Waals surface area (Å²) in [5.41, 5.74) is 5.64. The van der Waals surface area contributed by atoms with Crippen molar-refractivity contribution in [3.63, 3.8) is 0 Å². The molecule has 1 aromatic rings. The van der Waals surface area contributed by atoms with Crippen LogP contribution in [-0.4, -0.2) is 109 Å². The molecular weight excluding hydrogens is 666 g/mol. The van der Waals surface area contributed by atoms with Crippen molar-refractivity contribution in [1.82, 2.24) is 0 Å². The average Bonchev–Trinajstić information content (AvgIpc) is 3.09. The highest BCUT2D eigenvalue weighted by Gasteiger charge is 2.34. The number of aliphatic hydroxyl groups is 3. The lowest BCUT2D eigenvalue weighted by Crippen LogP contribution is -2.39. The molecule has 4 bridgehead atoms. The summed E-state index contributed by atoms with van der Waals surface area (Å²) in [7, 11) is 1.20. The first-order valence-electron chi connectivity index (χ1n) is 17.6. The van der Waals surface area contributed by atoms with Crippen LogP contribution in [0.2, 0.25) is 0 Å². The van der Waals surface area contributed by atoms with Crippen molar-refractivity contribution >= 4 is 23.6 Å². The van der Waals surface area contributed by atoms with E-state index in [-0.39, 0.29) is 61.7 Å². The quantitative estimate of drug-likeness (QED) is 0.105. The van der Waals surface area contributed by atoms with E-state index in [0.717, 1.165) is 25.3 Å². The fourth-order valence-corrected chi connectivity index (χ4v) is 6.31. The molecule has 2 saturated heterocycles. The van der Waals surface area contributed by atoms with Crippen LogP contribution in [0.15, 0.2) is 48.1 Å². The lowest BCUT2D eigenvalue weighted by Gasteiger charge is -2.36. The molecule has 3 aliphatic rings. The van der Waals surface area contributed by atoms with Gasteiger partial charge in [-0.3, -0.25) is 4.79 Å². The molecule has 0 saturated carbocycles. The zero-order chi connectivity index (χ0) is 37.0. The molecule has 0 aliphatic carbocycles. The van der Waals surface area contributed by atoms with Gasteiger partial charge in [0.1, 0.15) is 12.7 Å². The number of cyclic esters (lactones) is 1. The van der Waals surface area contributed by atoms with E-state index in [4.69, 9.17) is 38.9 Å². The van der Waals surface area contributed by atoms with Gasteiger partial charge < -0.3 is 54.2 Å². The van der Waals surface area contributed by atoms with Gasteiger partial charge in [0, 0.05) is 30.0 Å². The predicted octanol–water partition coefficient (Wildman–Crippen LogP) is 3.11. The Morgan fingerprint density at radius 3 is 2.49 bits per heavy atom. The van der Waals surface area contributed by atoms with Crippen molar-refractivity contribution in [1.29, 1.82) is 0 Å². The molecule has 5 N–H and O–H groups in total. The van der Waals surface area contributed by atoms with Crippen LogP contribution in [-0.2, 0) is 42.7 Å². The predicted molar refractivity (Wildman–Crippen MR) is 183 cm³/mol. The third-order valence-corrected chi connectivity index (χ3v) is 9.14.